The fourth-order valence-corrected chi connectivity index (χ4v) is 1.78. The second kappa shape index (κ2) is 6.09. The number of rotatable bonds is 3. The zero-order valence-electron chi connectivity index (χ0n) is 10.8. The molecule has 0 unspecified atom stereocenters. The lowest BCUT2D eigenvalue weighted by Crippen LogP contribution is -2.20. The van der Waals surface area contributed by atoms with Gasteiger partial charge >= 0.3 is 0 Å². The molecule has 0 fully saturated rings. The molecular weight excluding hydrogens is 212 g/mol. The Balaban J connectivity index is 0.000000686. The van der Waals surface area contributed by atoms with Gasteiger partial charge in [-0.25, -0.2) is 0 Å². The van der Waals surface area contributed by atoms with Crippen molar-refractivity contribution in [3.63, 3.8) is 0 Å². The summed E-state index contributed by atoms with van der Waals surface area (Å²) in [6.07, 6.45) is 6.34. The van der Waals surface area contributed by atoms with Gasteiger partial charge in [-0.3, -0.25) is 4.79 Å². The summed E-state index contributed by atoms with van der Waals surface area (Å²) in [4.78, 5) is 14.9. The first-order valence-corrected chi connectivity index (χ1v) is 6.02. The number of H-pyrrole nitrogens is 1. The van der Waals surface area contributed by atoms with Crippen LogP contribution in [0.4, 0.5) is 0 Å². The largest absolute Gasteiger partial charge is 0.357 e. The van der Waals surface area contributed by atoms with Gasteiger partial charge in [-0.15, -0.1) is 6.58 Å². The Labute approximate surface area is 102 Å². The summed E-state index contributed by atoms with van der Waals surface area (Å²) in [5.41, 5.74) is 1.86. The summed E-state index contributed by atoms with van der Waals surface area (Å²) in [5, 5.41) is 1.01. The molecule has 0 amide bonds. The predicted octanol–water partition coefficient (Wildman–Crippen LogP) is 3.24. The maximum absolute atomic E-state index is 11.9. The number of allylic oxidation sites excluding steroid dienone is 1. The topological polar surface area (TPSA) is 37.8 Å². The van der Waals surface area contributed by atoms with Crippen LogP contribution in [-0.4, -0.2) is 9.55 Å². The van der Waals surface area contributed by atoms with Crippen molar-refractivity contribution >= 4 is 10.9 Å². The van der Waals surface area contributed by atoms with E-state index in [1.165, 1.54) is 0 Å². The number of aryl methyl sites for hydroxylation is 2. The maximum Gasteiger partial charge on any atom is 0.274 e. The van der Waals surface area contributed by atoms with E-state index in [0.29, 0.717) is 12.1 Å². The second-order valence-electron chi connectivity index (χ2n) is 3.65. The molecule has 2 heterocycles. The van der Waals surface area contributed by atoms with E-state index in [1.54, 1.807) is 10.8 Å². The predicted molar refractivity (Wildman–Crippen MR) is 73.5 cm³/mol. The van der Waals surface area contributed by atoms with Crippen molar-refractivity contribution in [1.82, 2.24) is 9.55 Å². The van der Waals surface area contributed by atoms with Crippen molar-refractivity contribution in [2.45, 2.75) is 33.7 Å². The number of hydrogen-bond acceptors (Lipinski definition) is 1. The number of pyridine rings is 1. The first-order valence-electron chi connectivity index (χ1n) is 6.02. The van der Waals surface area contributed by atoms with Crippen molar-refractivity contribution in [2.24, 2.45) is 0 Å². The molecule has 0 aliphatic carbocycles. The molecule has 0 aromatic carbocycles. The molecule has 0 saturated heterocycles. The van der Waals surface area contributed by atoms with Gasteiger partial charge in [0.25, 0.3) is 5.56 Å². The monoisotopic (exact) mass is 232 g/mol. The van der Waals surface area contributed by atoms with Gasteiger partial charge in [0, 0.05) is 24.3 Å². The van der Waals surface area contributed by atoms with Gasteiger partial charge in [-0.2, -0.15) is 0 Å². The summed E-state index contributed by atoms with van der Waals surface area (Å²) in [7, 11) is 0. The molecule has 0 bridgehead atoms. The molecule has 0 aliphatic heterocycles. The summed E-state index contributed by atoms with van der Waals surface area (Å²) >= 11 is 0. The van der Waals surface area contributed by atoms with E-state index >= 15 is 0 Å². The maximum atomic E-state index is 11.9. The molecule has 3 nitrogen and oxygen atoms in total. The Kier molecular flexibility index (Phi) is 4.76. The fourth-order valence-electron chi connectivity index (χ4n) is 1.78. The lowest BCUT2D eigenvalue weighted by atomic mass is 10.2. The van der Waals surface area contributed by atoms with E-state index < -0.39 is 0 Å². The first-order chi connectivity index (χ1) is 8.24. The molecule has 17 heavy (non-hydrogen) atoms. The Bertz CT molecular complexity index is 549. The molecular formula is C14H20N2O. The standard InChI is InChI=1S/C12H14N2O.C2H6/c1-3-4-7-14-8-9(2)10-5-6-13-11(10)12(14)15;1-2/h3,5-6,8,13H,1,4,7H2,2H3;1-2H3. The van der Waals surface area contributed by atoms with Crippen LogP contribution in [0.25, 0.3) is 10.9 Å². The second-order valence-corrected chi connectivity index (χ2v) is 3.65. The van der Waals surface area contributed by atoms with Crippen LogP contribution >= 0.6 is 0 Å². The number of aromatic nitrogens is 2. The van der Waals surface area contributed by atoms with Crippen LogP contribution in [0.5, 0.6) is 0 Å². The SMILES string of the molecule is C=CCCn1cc(C)c2cc[nH]c2c1=O.CC. The van der Waals surface area contributed by atoms with Gasteiger partial charge < -0.3 is 9.55 Å². The van der Waals surface area contributed by atoms with E-state index in [2.05, 4.69) is 11.6 Å². The fraction of sp³-hybridized carbons (Fsp3) is 0.357. The summed E-state index contributed by atoms with van der Waals surface area (Å²) in [6, 6.07) is 1.93. The molecule has 2 rings (SSSR count). The van der Waals surface area contributed by atoms with Crippen molar-refractivity contribution in [3.05, 3.63) is 47.0 Å². The highest BCUT2D eigenvalue weighted by Gasteiger charge is 2.05. The molecule has 0 atom stereocenters. The van der Waals surface area contributed by atoms with Crippen molar-refractivity contribution in [1.29, 1.82) is 0 Å². The van der Waals surface area contributed by atoms with Crippen molar-refractivity contribution in [2.75, 3.05) is 0 Å². The Morgan fingerprint density at radius 2 is 2.18 bits per heavy atom. The van der Waals surface area contributed by atoms with Gasteiger partial charge in [0.2, 0.25) is 0 Å². The molecule has 0 radical (unpaired) electrons. The van der Waals surface area contributed by atoms with Crippen LogP contribution in [0.15, 0.2) is 35.9 Å². The normalized spacial score (nSPS) is 9.82. The van der Waals surface area contributed by atoms with E-state index in [-0.39, 0.29) is 5.56 Å². The molecule has 3 heteroatoms. The van der Waals surface area contributed by atoms with E-state index in [1.807, 2.05) is 39.1 Å². The number of fused-ring (bicyclic) bond motifs is 1. The quantitative estimate of drug-likeness (QED) is 0.810. The third kappa shape index (κ3) is 2.67. The average Bonchev–Trinajstić information content (AvgIpc) is 2.84. The van der Waals surface area contributed by atoms with Gasteiger partial charge in [0.05, 0.1) is 0 Å². The average molecular weight is 232 g/mol. The highest BCUT2D eigenvalue weighted by Crippen LogP contribution is 2.12. The van der Waals surface area contributed by atoms with Gasteiger partial charge in [-0.05, 0) is 25.0 Å². The number of aromatic amines is 1. The van der Waals surface area contributed by atoms with E-state index in [0.717, 1.165) is 17.4 Å². The Morgan fingerprint density at radius 3 is 2.82 bits per heavy atom. The smallest absolute Gasteiger partial charge is 0.274 e. The Morgan fingerprint density at radius 1 is 1.47 bits per heavy atom. The third-order valence-corrected chi connectivity index (χ3v) is 2.57. The van der Waals surface area contributed by atoms with E-state index in [4.69, 9.17) is 0 Å². The zero-order chi connectivity index (χ0) is 12.8. The molecule has 0 aliphatic rings. The van der Waals surface area contributed by atoms with Crippen LogP contribution < -0.4 is 5.56 Å². The number of hydrogen-bond donors (Lipinski definition) is 1. The lowest BCUT2D eigenvalue weighted by Gasteiger charge is -2.05. The highest BCUT2D eigenvalue weighted by atomic mass is 16.1. The zero-order valence-corrected chi connectivity index (χ0v) is 10.8. The van der Waals surface area contributed by atoms with Gasteiger partial charge in [-0.1, -0.05) is 19.9 Å². The summed E-state index contributed by atoms with van der Waals surface area (Å²) in [5.74, 6) is 0. The molecule has 1 N–H and O–H groups in total. The number of nitrogens with one attached hydrogen (secondary N) is 1. The molecule has 0 saturated carbocycles. The number of nitrogens with zero attached hydrogens (tertiary/aromatic N) is 1. The van der Waals surface area contributed by atoms with Gasteiger partial charge in [0.15, 0.2) is 0 Å². The Hall–Kier alpha value is -1.77. The minimum atomic E-state index is 0.0439. The van der Waals surface area contributed by atoms with Crippen LogP contribution in [0.1, 0.15) is 25.8 Å². The molecule has 92 valence electrons. The first kappa shape index (κ1) is 13.3. The van der Waals surface area contributed by atoms with Crippen LogP contribution in [0.2, 0.25) is 0 Å². The minimum Gasteiger partial charge on any atom is -0.357 e. The summed E-state index contributed by atoms with van der Waals surface area (Å²) < 4.78 is 1.73. The van der Waals surface area contributed by atoms with Crippen molar-refractivity contribution in [3.8, 4) is 0 Å². The molecule has 2 aromatic rings. The molecule has 2 aromatic heterocycles. The van der Waals surface area contributed by atoms with Crippen molar-refractivity contribution < 1.29 is 0 Å². The molecule has 0 spiro atoms. The highest BCUT2D eigenvalue weighted by molar-refractivity contribution is 5.81. The lowest BCUT2D eigenvalue weighted by molar-refractivity contribution is 0.684. The summed E-state index contributed by atoms with van der Waals surface area (Å²) in [6.45, 7) is 10.4. The van der Waals surface area contributed by atoms with Crippen LogP contribution in [-0.2, 0) is 6.54 Å². The van der Waals surface area contributed by atoms with E-state index in [9.17, 15) is 4.79 Å². The van der Waals surface area contributed by atoms with Crippen LogP contribution in [0.3, 0.4) is 0 Å². The minimum absolute atomic E-state index is 0.0439. The van der Waals surface area contributed by atoms with Crippen LogP contribution in [0, 0.1) is 6.92 Å². The third-order valence-electron chi connectivity index (χ3n) is 2.57. The van der Waals surface area contributed by atoms with Gasteiger partial charge in [0.1, 0.15) is 5.52 Å².